The molecule has 0 aromatic heterocycles. The van der Waals surface area contributed by atoms with Crippen molar-refractivity contribution in [3.05, 3.63) is 35.1 Å². The Balaban J connectivity index is 2.16. The van der Waals surface area contributed by atoms with E-state index in [9.17, 15) is 9.18 Å². The van der Waals surface area contributed by atoms with Gasteiger partial charge in [0.05, 0.1) is 5.56 Å². The monoisotopic (exact) mass is 237 g/mol. The number of halogens is 1. The Kier molecular flexibility index (Phi) is 3.43. The first-order valence-electron chi connectivity index (χ1n) is 5.87. The first kappa shape index (κ1) is 12.0. The second kappa shape index (κ2) is 4.84. The molecule has 1 aliphatic carbocycles. The molecule has 1 aromatic carbocycles. The lowest BCUT2D eigenvalue weighted by atomic mass is 10.1. The van der Waals surface area contributed by atoms with Crippen LogP contribution in [0.4, 0.5) is 4.39 Å². The molecule has 92 valence electrons. The standard InChI is InChI=1S/C13H16FNO2/c1-2-15(12-3-4-12)8-9-5-10(13(16)17)7-11(14)6-9/h5-7,12H,2-4,8H2,1H3,(H,16,17). The van der Waals surface area contributed by atoms with Crippen LogP contribution in [0, 0.1) is 5.82 Å². The summed E-state index contributed by atoms with van der Waals surface area (Å²) in [5, 5.41) is 8.87. The number of rotatable bonds is 5. The van der Waals surface area contributed by atoms with Gasteiger partial charge in [-0.3, -0.25) is 4.90 Å². The van der Waals surface area contributed by atoms with Crippen LogP contribution >= 0.6 is 0 Å². The van der Waals surface area contributed by atoms with Crippen molar-refractivity contribution in [2.75, 3.05) is 6.54 Å². The molecule has 1 N–H and O–H groups in total. The van der Waals surface area contributed by atoms with Crippen molar-refractivity contribution >= 4 is 5.97 Å². The lowest BCUT2D eigenvalue weighted by molar-refractivity contribution is 0.0696. The van der Waals surface area contributed by atoms with E-state index in [1.54, 1.807) is 6.07 Å². The molecule has 0 amide bonds. The van der Waals surface area contributed by atoms with Crippen LogP contribution in [0.15, 0.2) is 18.2 Å². The average Bonchev–Trinajstić information content (AvgIpc) is 3.09. The maximum Gasteiger partial charge on any atom is 0.335 e. The van der Waals surface area contributed by atoms with Gasteiger partial charge in [0, 0.05) is 12.6 Å². The Morgan fingerprint density at radius 2 is 2.18 bits per heavy atom. The van der Waals surface area contributed by atoms with Crippen LogP contribution in [0.3, 0.4) is 0 Å². The van der Waals surface area contributed by atoms with Crippen molar-refractivity contribution in [2.24, 2.45) is 0 Å². The quantitative estimate of drug-likeness (QED) is 0.855. The number of carbonyl (C=O) groups is 1. The van der Waals surface area contributed by atoms with Crippen LogP contribution in [-0.4, -0.2) is 28.6 Å². The number of hydrogen-bond acceptors (Lipinski definition) is 2. The number of nitrogens with zero attached hydrogens (tertiary/aromatic N) is 1. The number of aromatic carboxylic acids is 1. The van der Waals surface area contributed by atoms with Gasteiger partial charge in [0.15, 0.2) is 0 Å². The van der Waals surface area contributed by atoms with E-state index in [0.717, 1.165) is 18.2 Å². The zero-order valence-corrected chi connectivity index (χ0v) is 9.82. The summed E-state index contributed by atoms with van der Waals surface area (Å²) in [7, 11) is 0. The van der Waals surface area contributed by atoms with Gasteiger partial charge in [-0.05, 0) is 43.1 Å². The molecule has 1 fully saturated rings. The third-order valence-electron chi connectivity index (χ3n) is 3.06. The third kappa shape index (κ3) is 3.03. The highest BCUT2D eigenvalue weighted by molar-refractivity contribution is 5.87. The Morgan fingerprint density at radius 3 is 2.71 bits per heavy atom. The molecule has 1 aromatic rings. The van der Waals surface area contributed by atoms with Gasteiger partial charge in [-0.2, -0.15) is 0 Å². The Bertz CT molecular complexity index is 429. The van der Waals surface area contributed by atoms with Crippen LogP contribution < -0.4 is 0 Å². The van der Waals surface area contributed by atoms with Gasteiger partial charge in [-0.15, -0.1) is 0 Å². The third-order valence-corrected chi connectivity index (χ3v) is 3.06. The maximum absolute atomic E-state index is 13.3. The second-order valence-corrected chi connectivity index (χ2v) is 4.45. The lowest BCUT2D eigenvalue weighted by Crippen LogP contribution is -2.25. The average molecular weight is 237 g/mol. The predicted octanol–water partition coefficient (Wildman–Crippen LogP) is 2.51. The van der Waals surface area contributed by atoms with Gasteiger partial charge < -0.3 is 5.11 Å². The summed E-state index contributed by atoms with van der Waals surface area (Å²) < 4.78 is 13.3. The Morgan fingerprint density at radius 1 is 1.47 bits per heavy atom. The van der Waals surface area contributed by atoms with E-state index in [1.807, 2.05) is 0 Å². The molecule has 4 heteroatoms. The molecular weight excluding hydrogens is 221 g/mol. The first-order valence-corrected chi connectivity index (χ1v) is 5.87. The molecule has 0 radical (unpaired) electrons. The van der Waals surface area contributed by atoms with Crippen molar-refractivity contribution < 1.29 is 14.3 Å². The van der Waals surface area contributed by atoms with Crippen LogP contribution in [0.2, 0.25) is 0 Å². The number of hydrogen-bond donors (Lipinski definition) is 1. The second-order valence-electron chi connectivity index (χ2n) is 4.45. The summed E-state index contributed by atoms with van der Waals surface area (Å²) in [5.41, 5.74) is 0.753. The number of benzene rings is 1. The van der Waals surface area contributed by atoms with Crippen molar-refractivity contribution in [2.45, 2.75) is 32.4 Å². The van der Waals surface area contributed by atoms with Crippen LogP contribution in [0.5, 0.6) is 0 Å². The molecular formula is C13H16FNO2. The van der Waals surface area contributed by atoms with Gasteiger partial charge in [-0.1, -0.05) is 6.92 Å². The van der Waals surface area contributed by atoms with Crippen LogP contribution in [0.1, 0.15) is 35.7 Å². The van der Waals surface area contributed by atoms with Crippen molar-refractivity contribution in [1.29, 1.82) is 0 Å². The Labute approximate surface area is 99.9 Å². The summed E-state index contributed by atoms with van der Waals surface area (Å²) in [6, 6.07) is 4.62. The van der Waals surface area contributed by atoms with E-state index in [1.165, 1.54) is 18.9 Å². The van der Waals surface area contributed by atoms with Crippen molar-refractivity contribution in [1.82, 2.24) is 4.90 Å². The molecule has 0 unspecified atom stereocenters. The molecule has 17 heavy (non-hydrogen) atoms. The molecule has 2 rings (SSSR count). The molecule has 0 bridgehead atoms. The summed E-state index contributed by atoms with van der Waals surface area (Å²) in [5.74, 6) is -1.56. The summed E-state index contributed by atoms with van der Waals surface area (Å²) in [6.45, 7) is 3.60. The largest absolute Gasteiger partial charge is 0.478 e. The van der Waals surface area contributed by atoms with Gasteiger partial charge in [0.1, 0.15) is 5.82 Å². The van der Waals surface area contributed by atoms with Gasteiger partial charge >= 0.3 is 5.97 Å². The zero-order chi connectivity index (χ0) is 12.4. The summed E-state index contributed by atoms with van der Waals surface area (Å²) in [6.07, 6.45) is 2.38. The molecule has 1 aliphatic rings. The maximum atomic E-state index is 13.3. The van der Waals surface area contributed by atoms with Gasteiger partial charge in [-0.25, -0.2) is 9.18 Å². The molecule has 1 saturated carbocycles. The topological polar surface area (TPSA) is 40.5 Å². The van der Waals surface area contributed by atoms with E-state index < -0.39 is 11.8 Å². The SMILES string of the molecule is CCN(Cc1cc(F)cc(C(=O)O)c1)C1CC1. The fraction of sp³-hybridized carbons (Fsp3) is 0.462. The molecule has 3 nitrogen and oxygen atoms in total. The molecule has 0 heterocycles. The number of carboxylic acids is 1. The first-order chi connectivity index (χ1) is 8.10. The highest BCUT2D eigenvalue weighted by atomic mass is 19.1. The smallest absolute Gasteiger partial charge is 0.335 e. The van der Waals surface area contributed by atoms with Gasteiger partial charge in [0.25, 0.3) is 0 Å². The summed E-state index contributed by atoms with van der Waals surface area (Å²) >= 11 is 0. The minimum absolute atomic E-state index is 0.0202. The lowest BCUT2D eigenvalue weighted by Gasteiger charge is -2.19. The molecule has 0 saturated heterocycles. The van der Waals surface area contributed by atoms with E-state index >= 15 is 0 Å². The molecule has 0 atom stereocenters. The predicted molar refractivity (Wildman–Crippen MR) is 62.5 cm³/mol. The van der Waals surface area contributed by atoms with Gasteiger partial charge in [0.2, 0.25) is 0 Å². The zero-order valence-electron chi connectivity index (χ0n) is 9.82. The van der Waals surface area contributed by atoms with E-state index in [-0.39, 0.29) is 5.56 Å². The minimum atomic E-state index is -1.08. The number of carboxylic acid groups (broad SMARTS) is 1. The molecule has 0 aliphatic heterocycles. The Hall–Kier alpha value is -1.42. The van der Waals surface area contributed by atoms with Crippen molar-refractivity contribution in [3.63, 3.8) is 0 Å². The van der Waals surface area contributed by atoms with Crippen LogP contribution in [0.25, 0.3) is 0 Å². The van der Waals surface area contributed by atoms with Crippen molar-refractivity contribution in [3.8, 4) is 0 Å². The highest BCUT2D eigenvalue weighted by Gasteiger charge is 2.27. The normalized spacial score (nSPS) is 15.2. The highest BCUT2D eigenvalue weighted by Crippen LogP contribution is 2.28. The summed E-state index contributed by atoms with van der Waals surface area (Å²) in [4.78, 5) is 13.1. The fourth-order valence-electron chi connectivity index (χ4n) is 2.04. The van der Waals surface area contributed by atoms with E-state index in [2.05, 4.69) is 11.8 Å². The van der Waals surface area contributed by atoms with E-state index in [4.69, 9.17) is 5.11 Å². The fourth-order valence-corrected chi connectivity index (χ4v) is 2.04. The van der Waals surface area contributed by atoms with E-state index in [0.29, 0.717) is 12.6 Å². The van der Waals surface area contributed by atoms with Crippen LogP contribution in [-0.2, 0) is 6.54 Å². The molecule has 0 spiro atoms. The minimum Gasteiger partial charge on any atom is -0.478 e.